The quantitative estimate of drug-likeness (QED) is 0.572. The minimum absolute atomic E-state index is 0.162. The van der Waals surface area contributed by atoms with Crippen molar-refractivity contribution >= 4 is 22.6 Å². The molecule has 0 unspecified atom stereocenters. The number of nitrogens with one attached hydrogen (secondary N) is 1. The third kappa shape index (κ3) is 3.75. The lowest BCUT2D eigenvalue weighted by atomic mass is 10.1. The molecule has 0 saturated carbocycles. The summed E-state index contributed by atoms with van der Waals surface area (Å²) in [6.07, 6.45) is 1.57. The van der Waals surface area contributed by atoms with Crippen LogP contribution in [0.25, 0.3) is 11.0 Å². The molecule has 1 N–H and O–H groups in total. The van der Waals surface area contributed by atoms with Gasteiger partial charge in [0.05, 0.1) is 12.2 Å². The standard InChI is InChI=1S/C22H15F2N3O2/c23-16-8-9-19(18(24)12-16)26-21(28)17-11-15-7-4-10-25-20(15)27(22(17)29)13-14-5-2-1-3-6-14/h1-12H,13H2,(H,26,28). The largest absolute Gasteiger partial charge is 0.319 e. The summed E-state index contributed by atoms with van der Waals surface area (Å²) < 4.78 is 28.4. The number of pyridine rings is 2. The minimum Gasteiger partial charge on any atom is -0.319 e. The highest BCUT2D eigenvalue weighted by Crippen LogP contribution is 2.17. The number of aromatic nitrogens is 2. The first kappa shape index (κ1) is 18.5. The summed E-state index contributed by atoms with van der Waals surface area (Å²) in [7, 11) is 0. The van der Waals surface area contributed by atoms with Crippen LogP contribution in [0.4, 0.5) is 14.5 Å². The first-order chi connectivity index (χ1) is 14.0. The monoisotopic (exact) mass is 391 g/mol. The molecule has 0 spiro atoms. The molecule has 4 aromatic rings. The number of benzene rings is 2. The molecule has 0 atom stereocenters. The fraction of sp³-hybridized carbons (Fsp3) is 0.0455. The molecule has 0 aliphatic rings. The van der Waals surface area contributed by atoms with Crippen LogP contribution in [0.2, 0.25) is 0 Å². The second-order valence-electron chi connectivity index (χ2n) is 6.43. The van der Waals surface area contributed by atoms with Crippen LogP contribution in [-0.4, -0.2) is 15.5 Å². The van der Waals surface area contributed by atoms with Gasteiger partial charge in [0.25, 0.3) is 11.5 Å². The maximum atomic E-state index is 13.9. The van der Waals surface area contributed by atoms with Crippen LogP contribution in [0.15, 0.2) is 77.7 Å². The Kier molecular flexibility index (Phi) is 4.87. The average molecular weight is 391 g/mol. The van der Waals surface area contributed by atoms with E-state index in [0.717, 1.165) is 17.7 Å². The van der Waals surface area contributed by atoms with Gasteiger partial charge in [-0.3, -0.25) is 14.2 Å². The maximum Gasteiger partial charge on any atom is 0.265 e. The van der Waals surface area contributed by atoms with E-state index in [1.165, 1.54) is 10.6 Å². The van der Waals surface area contributed by atoms with Gasteiger partial charge in [0, 0.05) is 17.6 Å². The molecule has 144 valence electrons. The predicted octanol–water partition coefficient (Wildman–Crippen LogP) is 3.98. The third-order valence-corrected chi connectivity index (χ3v) is 4.46. The molecular weight excluding hydrogens is 376 g/mol. The summed E-state index contributed by atoms with van der Waals surface area (Å²) in [5.41, 5.74) is 0.372. The van der Waals surface area contributed by atoms with Crippen molar-refractivity contribution in [1.82, 2.24) is 9.55 Å². The summed E-state index contributed by atoms with van der Waals surface area (Å²) in [4.78, 5) is 30.1. The van der Waals surface area contributed by atoms with Crippen molar-refractivity contribution in [3.63, 3.8) is 0 Å². The van der Waals surface area contributed by atoms with Gasteiger partial charge < -0.3 is 5.32 Å². The SMILES string of the molecule is O=C(Nc1ccc(F)cc1F)c1cc2cccnc2n(Cc2ccccc2)c1=O. The Hall–Kier alpha value is -3.87. The molecule has 0 aliphatic carbocycles. The molecule has 2 heterocycles. The first-order valence-corrected chi connectivity index (χ1v) is 8.82. The van der Waals surface area contributed by atoms with Gasteiger partial charge in [-0.2, -0.15) is 0 Å². The zero-order valence-corrected chi connectivity index (χ0v) is 15.1. The normalized spacial score (nSPS) is 10.8. The number of rotatable bonds is 4. The molecule has 0 aliphatic heterocycles. The number of amides is 1. The Morgan fingerprint density at radius 3 is 2.55 bits per heavy atom. The Balaban J connectivity index is 1.79. The molecule has 29 heavy (non-hydrogen) atoms. The number of fused-ring (bicyclic) bond motifs is 1. The minimum atomic E-state index is -0.926. The highest BCUT2D eigenvalue weighted by atomic mass is 19.1. The summed E-state index contributed by atoms with van der Waals surface area (Å²) in [6.45, 7) is 0.221. The van der Waals surface area contributed by atoms with E-state index in [0.29, 0.717) is 17.1 Å². The smallest absolute Gasteiger partial charge is 0.265 e. The van der Waals surface area contributed by atoms with Crippen molar-refractivity contribution < 1.29 is 13.6 Å². The van der Waals surface area contributed by atoms with Crippen molar-refractivity contribution in [1.29, 1.82) is 0 Å². The molecule has 4 rings (SSSR count). The van der Waals surface area contributed by atoms with Crippen LogP contribution in [-0.2, 0) is 6.54 Å². The van der Waals surface area contributed by atoms with Gasteiger partial charge in [-0.1, -0.05) is 30.3 Å². The van der Waals surface area contributed by atoms with Crippen LogP contribution in [0.3, 0.4) is 0 Å². The van der Waals surface area contributed by atoms with Crippen molar-refractivity contribution in [2.75, 3.05) is 5.32 Å². The van der Waals surface area contributed by atoms with E-state index < -0.39 is 23.1 Å². The van der Waals surface area contributed by atoms with Gasteiger partial charge in [0.15, 0.2) is 0 Å². The Labute approximate surface area is 164 Å². The lowest BCUT2D eigenvalue weighted by molar-refractivity contribution is 0.102. The molecule has 2 aromatic carbocycles. The number of carbonyl (C=O) groups is 1. The number of anilines is 1. The second kappa shape index (κ2) is 7.63. The summed E-state index contributed by atoms with van der Waals surface area (Å²) in [5.74, 6) is -2.47. The van der Waals surface area contributed by atoms with Gasteiger partial charge in [0.1, 0.15) is 22.8 Å². The van der Waals surface area contributed by atoms with Crippen molar-refractivity contribution in [2.24, 2.45) is 0 Å². The number of nitrogens with zero attached hydrogens (tertiary/aromatic N) is 2. The third-order valence-electron chi connectivity index (χ3n) is 4.46. The molecule has 7 heteroatoms. The predicted molar refractivity (Wildman–Crippen MR) is 106 cm³/mol. The zero-order chi connectivity index (χ0) is 20.4. The van der Waals surface area contributed by atoms with E-state index in [4.69, 9.17) is 0 Å². The van der Waals surface area contributed by atoms with Gasteiger partial charge in [-0.15, -0.1) is 0 Å². The fourth-order valence-corrected chi connectivity index (χ4v) is 3.06. The van der Waals surface area contributed by atoms with Crippen LogP contribution in [0.5, 0.6) is 0 Å². The summed E-state index contributed by atoms with van der Waals surface area (Å²) >= 11 is 0. The first-order valence-electron chi connectivity index (χ1n) is 8.82. The molecule has 1 amide bonds. The Bertz CT molecular complexity index is 1270. The molecule has 0 radical (unpaired) electrons. The number of halogens is 2. The van der Waals surface area contributed by atoms with E-state index in [-0.39, 0.29) is 17.8 Å². The van der Waals surface area contributed by atoms with Gasteiger partial charge in [-0.05, 0) is 35.9 Å². The Morgan fingerprint density at radius 1 is 1.00 bits per heavy atom. The average Bonchev–Trinajstić information content (AvgIpc) is 2.72. The maximum absolute atomic E-state index is 13.9. The highest BCUT2D eigenvalue weighted by molar-refractivity contribution is 6.05. The van der Waals surface area contributed by atoms with E-state index in [9.17, 15) is 18.4 Å². The topological polar surface area (TPSA) is 64.0 Å². The molecule has 0 fully saturated rings. The Morgan fingerprint density at radius 2 is 1.79 bits per heavy atom. The highest BCUT2D eigenvalue weighted by Gasteiger charge is 2.18. The van der Waals surface area contributed by atoms with E-state index in [1.54, 1.807) is 18.3 Å². The van der Waals surface area contributed by atoms with Crippen molar-refractivity contribution in [3.05, 3.63) is 106 Å². The fourth-order valence-electron chi connectivity index (χ4n) is 3.06. The molecular formula is C22H15F2N3O2. The molecule has 0 saturated heterocycles. The van der Waals surface area contributed by atoms with Crippen LogP contribution in [0.1, 0.15) is 15.9 Å². The molecule has 0 bridgehead atoms. The lowest BCUT2D eigenvalue weighted by Gasteiger charge is -2.13. The number of hydrogen-bond donors (Lipinski definition) is 1. The summed E-state index contributed by atoms with van der Waals surface area (Å²) in [5, 5.41) is 2.93. The van der Waals surface area contributed by atoms with Gasteiger partial charge in [-0.25, -0.2) is 13.8 Å². The second-order valence-corrected chi connectivity index (χ2v) is 6.43. The molecule has 2 aromatic heterocycles. The van der Waals surface area contributed by atoms with Crippen molar-refractivity contribution in [3.8, 4) is 0 Å². The lowest BCUT2D eigenvalue weighted by Crippen LogP contribution is -2.30. The van der Waals surface area contributed by atoms with E-state index in [2.05, 4.69) is 10.3 Å². The zero-order valence-electron chi connectivity index (χ0n) is 15.1. The number of carbonyl (C=O) groups excluding carboxylic acids is 1. The number of hydrogen-bond acceptors (Lipinski definition) is 3. The summed E-state index contributed by atoms with van der Waals surface area (Å²) in [6, 6.07) is 16.9. The van der Waals surface area contributed by atoms with Gasteiger partial charge >= 0.3 is 0 Å². The van der Waals surface area contributed by atoms with Crippen LogP contribution in [0, 0.1) is 11.6 Å². The molecule has 5 nitrogen and oxygen atoms in total. The van der Waals surface area contributed by atoms with E-state index in [1.807, 2.05) is 30.3 Å². The van der Waals surface area contributed by atoms with Crippen molar-refractivity contribution in [2.45, 2.75) is 6.54 Å². The van der Waals surface area contributed by atoms with Crippen LogP contribution >= 0.6 is 0 Å². The van der Waals surface area contributed by atoms with E-state index >= 15 is 0 Å². The van der Waals surface area contributed by atoms with Crippen LogP contribution < -0.4 is 10.9 Å². The van der Waals surface area contributed by atoms with Gasteiger partial charge in [0.2, 0.25) is 0 Å².